The maximum Gasteiger partial charge on any atom is 0.225 e. The van der Waals surface area contributed by atoms with Gasteiger partial charge in [-0.1, -0.05) is 12.1 Å². The van der Waals surface area contributed by atoms with Crippen LogP contribution < -0.4 is 15.0 Å². The third kappa shape index (κ3) is 4.94. The summed E-state index contributed by atoms with van der Waals surface area (Å²) in [6.45, 7) is 6.09. The van der Waals surface area contributed by atoms with E-state index < -0.39 is 0 Å². The summed E-state index contributed by atoms with van der Waals surface area (Å²) in [7, 11) is 0. The summed E-state index contributed by atoms with van der Waals surface area (Å²) in [5, 5.41) is 3.05. The number of hydrogen-bond donors (Lipinski definition) is 1. The monoisotopic (exact) mass is 354 g/mol. The zero-order valence-electron chi connectivity index (χ0n) is 15.4. The summed E-state index contributed by atoms with van der Waals surface area (Å²) in [6, 6.07) is 9.66. The fraction of sp³-hybridized carbons (Fsp3) is 0.450. The van der Waals surface area contributed by atoms with Gasteiger partial charge in [-0.15, -0.1) is 0 Å². The van der Waals surface area contributed by atoms with Crippen molar-refractivity contribution in [2.75, 3.05) is 18.0 Å². The van der Waals surface area contributed by atoms with E-state index >= 15 is 0 Å². The topological polar surface area (TPSA) is 67.3 Å². The molecule has 3 rings (SSSR count). The fourth-order valence-electron chi connectivity index (χ4n) is 3.12. The number of carbonyl (C=O) groups excluding carboxylic acids is 1. The normalized spacial score (nSPS) is 17.2. The molecule has 1 aromatic heterocycles. The van der Waals surface area contributed by atoms with Crippen molar-refractivity contribution in [3.8, 4) is 5.75 Å². The molecule has 1 fully saturated rings. The fourth-order valence-corrected chi connectivity index (χ4v) is 3.12. The van der Waals surface area contributed by atoms with E-state index in [0.717, 1.165) is 30.7 Å². The third-order valence-electron chi connectivity index (χ3n) is 4.39. The summed E-state index contributed by atoms with van der Waals surface area (Å²) in [5.41, 5.74) is 1.06. The molecule has 138 valence electrons. The van der Waals surface area contributed by atoms with Gasteiger partial charge in [0, 0.05) is 32.0 Å². The predicted octanol–water partition coefficient (Wildman–Crippen LogP) is 2.80. The molecule has 6 heteroatoms. The molecule has 1 atom stereocenters. The highest BCUT2D eigenvalue weighted by Gasteiger charge is 2.26. The van der Waals surface area contributed by atoms with Crippen molar-refractivity contribution in [1.82, 2.24) is 15.3 Å². The van der Waals surface area contributed by atoms with Gasteiger partial charge in [-0.25, -0.2) is 9.97 Å². The number of piperidine rings is 1. The summed E-state index contributed by atoms with van der Waals surface area (Å²) in [5.74, 6) is 1.61. The molecule has 1 saturated heterocycles. The molecular formula is C20H26N4O2. The number of ether oxygens (including phenoxy) is 1. The first-order chi connectivity index (χ1) is 12.6. The summed E-state index contributed by atoms with van der Waals surface area (Å²) >= 11 is 0. The number of rotatable bonds is 6. The first kappa shape index (κ1) is 18.2. The number of nitrogens with zero attached hydrogens (tertiary/aromatic N) is 3. The van der Waals surface area contributed by atoms with Gasteiger partial charge in [-0.05, 0) is 50.5 Å². The van der Waals surface area contributed by atoms with Gasteiger partial charge >= 0.3 is 0 Å². The minimum Gasteiger partial charge on any atom is -0.491 e. The standard InChI is InChI=1S/C20H26N4O2/c1-15(2)26-18-8-6-16(7-9-18)13-23-19(25)17-5-3-12-24(14-17)20-21-10-4-11-22-20/h4,6-11,15,17H,3,5,12-14H2,1-2H3,(H,23,25). The Bertz CT molecular complexity index is 704. The van der Waals surface area contributed by atoms with E-state index in [1.54, 1.807) is 18.5 Å². The maximum atomic E-state index is 12.6. The van der Waals surface area contributed by atoms with Gasteiger partial charge in [0.15, 0.2) is 0 Å². The van der Waals surface area contributed by atoms with E-state index in [-0.39, 0.29) is 17.9 Å². The molecule has 2 heterocycles. The van der Waals surface area contributed by atoms with E-state index in [4.69, 9.17) is 4.74 Å². The highest BCUT2D eigenvalue weighted by atomic mass is 16.5. The van der Waals surface area contributed by atoms with Crippen LogP contribution in [0.4, 0.5) is 5.95 Å². The van der Waals surface area contributed by atoms with E-state index in [1.165, 1.54) is 0 Å². The van der Waals surface area contributed by atoms with Crippen LogP contribution in [0.15, 0.2) is 42.7 Å². The Balaban J connectivity index is 1.51. The van der Waals surface area contributed by atoms with Crippen molar-refractivity contribution < 1.29 is 9.53 Å². The van der Waals surface area contributed by atoms with Gasteiger partial charge in [-0.3, -0.25) is 4.79 Å². The van der Waals surface area contributed by atoms with Gasteiger partial charge in [0.25, 0.3) is 0 Å². The number of nitrogens with one attached hydrogen (secondary N) is 1. The number of amides is 1. The first-order valence-corrected chi connectivity index (χ1v) is 9.17. The summed E-state index contributed by atoms with van der Waals surface area (Å²) in [6.07, 6.45) is 5.49. The first-order valence-electron chi connectivity index (χ1n) is 9.17. The lowest BCUT2D eigenvalue weighted by molar-refractivity contribution is -0.125. The minimum atomic E-state index is -0.0314. The van der Waals surface area contributed by atoms with Crippen LogP contribution in [-0.2, 0) is 11.3 Å². The van der Waals surface area contributed by atoms with Crippen molar-refractivity contribution in [1.29, 1.82) is 0 Å². The number of carbonyl (C=O) groups is 1. The molecule has 0 aliphatic carbocycles. The second-order valence-corrected chi connectivity index (χ2v) is 6.86. The summed E-state index contributed by atoms with van der Waals surface area (Å²) < 4.78 is 5.64. The Kier molecular flexibility index (Phi) is 6.04. The Labute approximate surface area is 154 Å². The average Bonchev–Trinajstić information content (AvgIpc) is 2.67. The zero-order chi connectivity index (χ0) is 18.4. The smallest absolute Gasteiger partial charge is 0.225 e. The van der Waals surface area contributed by atoms with E-state index in [9.17, 15) is 4.79 Å². The molecule has 1 N–H and O–H groups in total. The lowest BCUT2D eigenvalue weighted by Crippen LogP contribution is -2.43. The molecule has 0 bridgehead atoms. The lowest BCUT2D eigenvalue weighted by Gasteiger charge is -2.31. The SMILES string of the molecule is CC(C)Oc1ccc(CNC(=O)C2CCCN(c3ncccn3)C2)cc1. The summed E-state index contributed by atoms with van der Waals surface area (Å²) in [4.78, 5) is 23.2. The second kappa shape index (κ2) is 8.65. The lowest BCUT2D eigenvalue weighted by atomic mass is 9.97. The van der Waals surface area contributed by atoms with E-state index in [2.05, 4.69) is 20.2 Å². The van der Waals surface area contributed by atoms with Crippen LogP contribution in [0.5, 0.6) is 5.75 Å². The van der Waals surface area contributed by atoms with Crippen LogP contribution in [0.2, 0.25) is 0 Å². The van der Waals surface area contributed by atoms with Crippen molar-refractivity contribution in [3.63, 3.8) is 0 Å². The number of anilines is 1. The zero-order valence-corrected chi connectivity index (χ0v) is 15.4. The number of benzene rings is 1. The Morgan fingerprint density at radius 1 is 1.27 bits per heavy atom. The van der Waals surface area contributed by atoms with Crippen LogP contribution in [0, 0.1) is 5.92 Å². The molecular weight excluding hydrogens is 328 g/mol. The van der Waals surface area contributed by atoms with Crippen LogP contribution >= 0.6 is 0 Å². The molecule has 0 saturated carbocycles. The highest BCUT2D eigenvalue weighted by Crippen LogP contribution is 2.20. The van der Waals surface area contributed by atoms with E-state index in [1.807, 2.05) is 38.1 Å². The van der Waals surface area contributed by atoms with Gasteiger partial charge < -0.3 is 15.0 Å². The highest BCUT2D eigenvalue weighted by molar-refractivity contribution is 5.79. The Hall–Kier alpha value is -2.63. The molecule has 0 spiro atoms. The van der Waals surface area contributed by atoms with Crippen LogP contribution in [-0.4, -0.2) is 35.1 Å². The molecule has 1 aromatic carbocycles. The molecule has 6 nitrogen and oxygen atoms in total. The average molecular weight is 354 g/mol. The molecule has 26 heavy (non-hydrogen) atoms. The third-order valence-corrected chi connectivity index (χ3v) is 4.39. The van der Waals surface area contributed by atoms with Gasteiger partial charge in [-0.2, -0.15) is 0 Å². The largest absolute Gasteiger partial charge is 0.491 e. The van der Waals surface area contributed by atoms with Crippen LogP contribution in [0.25, 0.3) is 0 Å². The molecule has 1 amide bonds. The predicted molar refractivity (Wildman–Crippen MR) is 101 cm³/mol. The maximum absolute atomic E-state index is 12.6. The van der Waals surface area contributed by atoms with E-state index in [0.29, 0.717) is 19.0 Å². The van der Waals surface area contributed by atoms with Crippen molar-refractivity contribution in [2.24, 2.45) is 5.92 Å². The minimum absolute atomic E-state index is 0.0314. The van der Waals surface area contributed by atoms with Crippen molar-refractivity contribution >= 4 is 11.9 Å². The van der Waals surface area contributed by atoms with Crippen LogP contribution in [0.3, 0.4) is 0 Å². The Morgan fingerprint density at radius 3 is 2.69 bits per heavy atom. The number of aromatic nitrogens is 2. The van der Waals surface area contributed by atoms with Gasteiger partial charge in [0.2, 0.25) is 11.9 Å². The molecule has 1 aliphatic heterocycles. The Morgan fingerprint density at radius 2 is 2.00 bits per heavy atom. The second-order valence-electron chi connectivity index (χ2n) is 6.86. The van der Waals surface area contributed by atoms with Crippen molar-refractivity contribution in [3.05, 3.63) is 48.3 Å². The molecule has 2 aromatic rings. The molecule has 0 radical (unpaired) electrons. The van der Waals surface area contributed by atoms with Gasteiger partial charge in [0.1, 0.15) is 5.75 Å². The molecule has 1 aliphatic rings. The quantitative estimate of drug-likeness (QED) is 0.864. The van der Waals surface area contributed by atoms with Crippen molar-refractivity contribution in [2.45, 2.75) is 39.3 Å². The number of hydrogen-bond acceptors (Lipinski definition) is 5. The van der Waals surface area contributed by atoms with Gasteiger partial charge in [0.05, 0.1) is 12.0 Å². The van der Waals surface area contributed by atoms with Crippen LogP contribution in [0.1, 0.15) is 32.3 Å². The molecule has 1 unspecified atom stereocenters.